The van der Waals surface area contributed by atoms with Crippen LogP contribution in [-0.2, 0) is 0 Å². The van der Waals surface area contributed by atoms with Gasteiger partial charge in [0.15, 0.2) is 0 Å². The molecule has 112 valence electrons. The molecule has 0 aromatic rings. The molecule has 0 aliphatic rings. The van der Waals surface area contributed by atoms with Crippen molar-refractivity contribution in [3.8, 4) is 6.07 Å². The van der Waals surface area contributed by atoms with Crippen molar-refractivity contribution >= 4 is 18.4 Å². The summed E-state index contributed by atoms with van der Waals surface area (Å²) in [5.41, 5.74) is 0. The van der Waals surface area contributed by atoms with E-state index in [2.05, 4.69) is 33.8 Å². The van der Waals surface area contributed by atoms with Crippen molar-refractivity contribution in [2.24, 2.45) is 0 Å². The molecule has 1 atom stereocenters. The molecule has 0 spiro atoms. The summed E-state index contributed by atoms with van der Waals surface area (Å²) >= 11 is -2.23. The van der Waals surface area contributed by atoms with Gasteiger partial charge >= 0.3 is 126 Å². The Morgan fingerprint density at radius 2 is 1.21 bits per heavy atom. The van der Waals surface area contributed by atoms with E-state index >= 15 is 0 Å². The van der Waals surface area contributed by atoms with E-state index in [-0.39, 0.29) is 0 Å². The molecule has 0 radical (unpaired) electrons. The Morgan fingerprint density at radius 3 is 1.47 bits per heavy atom. The van der Waals surface area contributed by atoms with Gasteiger partial charge in [0.1, 0.15) is 0 Å². The number of nitrogens with zero attached hydrogens (tertiary/aromatic N) is 1. The van der Waals surface area contributed by atoms with Gasteiger partial charge in [-0.3, -0.25) is 0 Å². The number of rotatable bonds is 12. The number of unbranched alkanes of at least 4 members (excludes halogenated alkanes) is 3. The van der Waals surface area contributed by atoms with E-state index in [1.54, 1.807) is 0 Å². The minimum atomic E-state index is -2.23. The second-order valence-electron chi connectivity index (χ2n) is 6.14. The predicted octanol–water partition coefficient (Wildman–Crippen LogP) is 6.53. The molecule has 1 unspecified atom stereocenters. The third kappa shape index (κ3) is 7.02. The van der Waals surface area contributed by atoms with Crippen molar-refractivity contribution in [2.75, 3.05) is 0 Å². The van der Waals surface area contributed by atoms with Crippen LogP contribution >= 0.6 is 0 Å². The Hall–Kier alpha value is 0.289. The molecule has 0 aliphatic heterocycles. The Labute approximate surface area is 126 Å². The molecule has 0 N–H and O–H groups in total. The topological polar surface area (TPSA) is 23.8 Å². The first kappa shape index (κ1) is 19.3. The van der Waals surface area contributed by atoms with Crippen LogP contribution in [0.5, 0.6) is 0 Å². The van der Waals surface area contributed by atoms with Crippen molar-refractivity contribution < 1.29 is 0 Å². The Balaban J connectivity index is 4.99. The van der Waals surface area contributed by atoms with Gasteiger partial charge in [0.25, 0.3) is 0 Å². The minimum absolute atomic E-state index is 0.490. The molecule has 19 heavy (non-hydrogen) atoms. The quantitative estimate of drug-likeness (QED) is 0.357. The van der Waals surface area contributed by atoms with E-state index in [1.807, 2.05) is 0 Å². The summed E-state index contributed by atoms with van der Waals surface area (Å²) in [5, 5.41) is 9.69. The maximum atomic E-state index is 9.69. The van der Waals surface area contributed by atoms with Gasteiger partial charge in [0.2, 0.25) is 0 Å². The van der Waals surface area contributed by atoms with Crippen molar-refractivity contribution in [1.82, 2.24) is 0 Å². The van der Waals surface area contributed by atoms with E-state index in [1.165, 1.54) is 64.7 Å². The van der Waals surface area contributed by atoms with Crippen LogP contribution in [0.1, 0.15) is 79.1 Å². The van der Waals surface area contributed by atoms with Gasteiger partial charge in [-0.05, 0) is 0 Å². The van der Waals surface area contributed by atoms with Crippen molar-refractivity contribution in [3.05, 3.63) is 0 Å². The molecule has 0 aliphatic carbocycles. The molecule has 0 aromatic heterocycles. The molecule has 0 fully saturated rings. The molecule has 0 heterocycles. The van der Waals surface area contributed by atoms with Gasteiger partial charge in [-0.25, -0.2) is 0 Å². The maximum absolute atomic E-state index is 9.69. The van der Waals surface area contributed by atoms with Crippen LogP contribution in [0.25, 0.3) is 0 Å². The Kier molecular flexibility index (Phi) is 12.2. The number of nitriles is 1. The molecule has 2 heteroatoms. The Morgan fingerprint density at radius 1 is 0.789 bits per heavy atom. The average Bonchev–Trinajstić information content (AvgIpc) is 2.44. The molecular formula is C17H35NSn. The SMILES string of the molecule is CCC[CH2][Sn]([CH2]CCC)([CH2]CCC)[CH](C#N)CCC. The Bertz CT molecular complexity index is 222. The van der Waals surface area contributed by atoms with Crippen LogP contribution in [0.15, 0.2) is 0 Å². The summed E-state index contributed by atoms with van der Waals surface area (Å²) in [6.07, 6.45) is 10.4. The molecule has 0 amide bonds. The van der Waals surface area contributed by atoms with Crippen molar-refractivity contribution in [1.29, 1.82) is 5.26 Å². The first-order valence-electron chi connectivity index (χ1n) is 8.60. The zero-order chi connectivity index (χ0) is 14.6. The predicted molar refractivity (Wildman–Crippen MR) is 89.2 cm³/mol. The zero-order valence-corrected chi connectivity index (χ0v) is 16.7. The van der Waals surface area contributed by atoms with E-state index in [0.717, 1.165) is 0 Å². The zero-order valence-electron chi connectivity index (χ0n) is 13.8. The standard InChI is InChI=1S/C5H8N.3C4H9.Sn/c1-2-3-4-5-6;3*1-3-4-2;/h4H,2-3H2,1H3;3*1,3-4H2,2H3;. The van der Waals surface area contributed by atoms with E-state index in [4.69, 9.17) is 0 Å². The molecule has 0 saturated carbocycles. The first-order chi connectivity index (χ1) is 9.20. The van der Waals surface area contributed by atoms with Gasteiger partial charge in [-0.1, -0.05) is 0 Å². The summed E-state index contributed by atoms with van der Waals surface area (Å²) in [7, 11) is 0. The van der Waals surface area contributed by atoms with Gasteiger partial charge in [0, 0.05) is 0 Å². The number of hydrogen-bond donors (Lipinski definition) is 0. The summed E-state index contributed by atoms with van der Waals surface area (Å²) < 4.78 is 4.92. The fraction of sp³-hybridized carbons (Fsp3) is 0.941. The van der Waals surface area contributed by atoms with E-state index in [0.29, 0.717) is 3.93 Å². The summed E-state index contributed by atoms with van der Waals surface area (Å²) in [4.78, 5) is 0. The van der Waals surface area contributed by atoms with E-state index < -0.39 is 18.4 Å². The van der Waals surface area contributed by atoms with Crippen LogP contribution in [0.3, 0.4) is 0 Å². The number of hydrogen-bond acceptors (Lipinski definition) is 1. The first-order valence-corrected chi connectivity index (χ1v) is 16.3. The molecule has 0 bridgehead atoms. The van der Waals surface area contributed by atoms with Crippen LogP contribution in [-0.4, -0.2) is 18.4 Å². The van der Waals surface area contributed by atoms with Gasteiger partial charge < -0.3 is 0 Å². The van der Waals surface area contributed by atoms with Crippen molar-refractivity contribution in [3.63, 3.8) is 0 Å². The molecule has 1 nitrogen and oxygen atoms in total. The van der Waals surface area contributed by atoms with Gasteiger partial charge in [-0.2, -0.15) is 0 Å². The molecular weight excluding hydrogens is 337 g/mol. The van der Waals surface area contributed by atoms with Crippen LogP contribution in [0.2, 0.25) is 17.2 Å². The average molecular weight is 372 g/mol. The second kappa shape index (κ2) is 12.1. The third-order valence-electron chi connectivity index (χ3n) is 4.56. The molecule has 0 saturated heterocycles. The second-order valence-corrected chi connectivity index (χ2v) is 20.2. The third-order valence-corrected chi connectivity index (χ3v) is 21.5. The summed E-state index contributed by atoms with van der Waals surface area (Å²) in [6, 6.07) is 2.76. The molecule has 0 aromatic carbocycles. The van der Waals surface area contributed by atoms with E-state index in [9.17, 15) is 5.26 Å². The fourth-order valence-corrected chi connectivity index (χ4v) is 20.8. The van der Waals surface area contributed by atoms with Crippen LogP contribution in [0.4, 0.5) is 0 Å². The summed E-state index contributed by atoms with van der Waals surface area (Å²) in [5.74, 6) is 0. The molecule has 0 rings (SSSR count). The van der Waals surface area contributed by atoms with Crippen LogP contribution in [0, 0.1) is 11.3 Å². The normalized spacial score (nSPS) is 13.2. The van der Waals surface area contributed by atoms with Gasteiger partial charge in [-0.15, -0.1) is 0 Å². The van der Waals surface area contributed by atoms with Gasteiger partial charge in [0.05, 0.1) is 0 Å². The van der Waals surface area contributed by atoms with Crippen LogP contribution < -0.4 is 0 Å². The summed E-state index contributed by atoms with van der Waals surface area (Å²) in [6.45, 7) is 9.16. The van der Waals surface area contributed by atoms with Crippen molar-refractivity contribution in [2.45, 2.75) is 96.3 Å². The monoisotopic (exact) mass is 373 g/mol. The fourth-order valence-electron chi connectivity index (χ4n) is 3.28.